The third-order valence-corrected chi connectivity index (χ3v) is 4.39. The number of nitrogens with zero attached hydrogens (tertiary/aromatic N) is 2. The van der Waals surface area contributed by atoms with Gasteiger partial charge in [0, 0.05) is 19.1 Å². The van der Waals surface area contributed by atoms with Gasteiger partial charge in [0.25, 0.3) is 0 Å². The van der Waals surface area contributed by atoms with Crippen molar-refractivity contribution in [1.82, 2.24) is 4.90 Å². The van der Waals surface area contributed by atoms with Crippen LogP contribution in [-0.4, -0.2) is 44.2 Å². The molecule has 0 unspecified atom stereocenters. The van der Waals surface area contributed by atoms with Gasteiger partial charge in [0.1, 0.15) is 0 Å². The van der Waals surface area contributed by atoms with Crippen molar-refractivity contribution in [3.63, 3.8) is 0 Å². The molecule has 0 N–H and O–H groups in total. The van der Waals surface area contributed by atoms with Crippen molar-refractivity contribution in [3.05, 3.63) is 24.3 Å². The highest BCUT2D eigenvalue weighted by atomic mass is 16.5. The van der Waals surface area contributed by atoms with E-state index in [0.29, 0.717) is 0 Å². The van der Waals surface area contributed by atoms with E-state index >= 15 is 0 Å². The summed E-state index contributed by atoms with van der Waals surface area (Å²) in [7, 11) is 1.67. The molecule has 1 aromatic carbocycles. The highest BCUT2D eigenvalue weighted by Crippen LogP contribution is 2.24. The molecule has 3 rings (SSSR count). The first kappa shape index (κ1) is 12.6. The maximum absolute atomic E-state index is 5.13. The molecule has 2 heterocycles. The Hall–Kier alpha value is -1.40. The molecule has 0 spiro atoms. The Morgan fingerprint density at radius 1 is 1.05 bits per heavy atom. The predicted molar refractivity (Wildman–Crippen MR) is 76.7 cm³/mol. The third-order valence-electron chi connectivity index (χ3n) is 4.39. The molecule has 0 saturated carbocycles. The van der Waals surface area contributed by atoms with Crippen LogP contribution in [0.15, 0.2) is 12.1 Å². The van der Waals surface area contributed by atoms with Crippen LogP contribution in [0.25, 0.3) is 0 Å². The van der Waals surface area contributed by atoms with Crippen LogP contribution in [0.1, 0.15) is 25.7 Å². The van der Waals surface area contributed by atoms with E-state index in [4.69, 9.17) is 4.74 Å². The van der Waals surface area contributed by atoms with Gasteiger partial charge in [-0.15, -0.1) is 0 Å². The Morgan fingerprint density at radius 3 is 2.37 bits per heavy atom. The molecule has 3 nitrogen and oxygen atoms in total. The minimum Gasteiger partial charge on any atom is -0.489 e. The maximum atomic E-state index is 5.13. The average molecular weight is 258 g/mol. The van der Waals surface area contributed by atoms with Crippen LogP contribution in [0.4, 0.5) is 5.69 Å². The standard InChI is InChI=1S/C16H22N2O/c1-19-16-6-4-14(5-7-16)18-12-8-15(9-13-18)17-10-2-3-11-17/h4,6,15H,2-3,8-13H2,1H3. The normalized spacial score (nSPS) is 21.4. The van der Waals surface area contributed by atoms with Crippen molar-refractivity contribution in [2.75, 3.05) is 38.2 Å². The number of hydrogen-bond acceptors (Lipinski definition) is 3. The molecule has 2 saturated heterocycles. The molecule has 2 fully saturated rings. The van der Waals surface area contributed by atoms with Crippen LogP contribution in [-0.2, 0) is 0 Å². The van der Waals surface area contributed by atoms with Crippen LogP contribution in [0.3, 0.4) is 0 Å². The lowest BCUT2D eigenvalue weighted by atomic mass is 10.0. The van der Waals surface area contributed by atoms with Gasteiger partial charge in [-0.2, -0.15) is 0 Å². The second-order valence-corrected chi connectivity index (χ2v) is 5.50. The zero-order valence-corrected chi connectivity index (χ0v) is 11.7. The molecule has 0 amide bonds. The zero-order chi connectivity index (χ0) is 13.1. The summed E-state index contributed by atoms with van der Waals surface area (Å²) >= 11 is 0. The second-order valence-electron chi connectivity index (χ2n) is 5.50. The van der Waals surface area contributed by atoms with Crippen molar-refractivity contribution >= 4 is 5.69 Å². The van der Waals surface area contributed by atoms with Gasteiger partial charge in [-0.1, -0.05) is 0 Å². The SMILES string of the molecule is COc1c#cc(N2CCC(N3CCCC3)CC2)cc1. The second kappa shape index (κ2) is 5.71. The topological polar surface area (TPSA) is 15.7 Å². The van der Waals surface area contributed by atoms with Gasteiger partial charge in [0.15, 0.2) is 5.75 Å². The van der Waals surface area contributed by atoms with Crippen molar-refractivity contribution in [2.24, 2.45) is 0 Å². The lowest BCUT2D eigenvalue weighted by Gasteiger charge is -2.37. The average Bonchev–Trinajstić information content (AvgIpc) is 3.02. The molecule has 0 bridgehead atoms. The van der Waals surface area contributed by atoms with Crippen LogP contribution < -0.4 is 9.64 Å². The Balaban J connectivity index is 1.56. The van der Waals surface area contributed by atoms with E-state index in [1.807, 2.05) is 6.07 Å². The van der Waals surface area contributed by atoms with Gasteiger partial charge >= 0.3 is 0 Å². The smallest absolute Gasteiger partial charge is 0.170 e. The van der Waals surface area contributed by atoms with Crippen molar-refractivity contribution in [1.29, 1.82) is 0 Å². The quantitative estimate of drug-likeness (QED) is 0.828. The van der Waals surface area contributed by atoms with E-state index in [2.05, 4.69) is 28.0 Å². The van der Waals surface area contributed by atoms with E-state index < -0.39 is 0 Å². The first-order valence-electron chi connectivity index (χ1n) is 7.34. The van der Waals surface area contributed by atoms with Crippen molar-refractivity contribution < 1.29 is 4.74 Å². The fourth-order valence-corrected chi connectivity index (χ4v) is 3.25. The summed E-state index contributed by atoms with van der Waals surface area (Å²) in [5, 5.41) is 0. The minimum atomic E-state index is 0.760. The lowest BCUT2D eigenvalue weighted by molar-refractivity contribution is 0.208. The number of methoxy groups -OCH3 is 1. The summed E-state index contributed by atoms with van der Waals surface area (Å²) in [4.78, 5) is 5.10. The highest BCUT2D eigenvalue weighted by Gasteiger charge is 2.26. The van der Waals surface area contributed by atoms with Crippen molar-refractivity contribution in [3.8, 4) is 5.75 Å². The third kappa shape index (κ3) is 2.79. The summed E-state index contributed by atoms with van der Waals surface area (Å²) in [5.41, 5.74) is 1.15. The Labute approximate surface area is 116 Å². The summed E-state index contributed by atoms with van der Waals surface area (Å²) in [6.45, 7) is 4.90. The lowest BCUT2D eigenvalue weighted by Crippen LogP contribution is -2.43. The molecular weight excluding hydrogens is 236 g/mol. The molecule has 0 aliphatic carbocycles. The monoisotopic (exact) mass is 258 g/mol. The molecule has 1 aromatic rings. The van der Waals surface area contributed by atoms with E-state index in [1.165, 1.54) is 38.8 Å². The molecule has 3 heteroatoms. The fourth-order valence-electron chi connectivity index (χ4n) is 3.25. The molecule has 19 heavy (non-hydrogen) atoms. The van der Waals surface area contributed by atoms with E-state index in [-0.39, 0.29) is 0 Å². The number of likely N-dealkylation sites (tertiary alicyclic amines) is 1. The van der Waals surface area contributed by atoms with Crippen LogP contribution >= 0.6 is 0 Å². The van der Waals surface area contributed by atoms with E-state index in [9.17, 15) is 0 Å². The Morgan fingerprint density at radius 2 is 1.79 bits per heavy atom. The van der Waals surface area contributed by atoms with Gasteiger partial charge in [-0.25, -0.2) is 0 Å². The van der Waals surface area contributed by atoms with Gasteiger partial charge in [-0.3, -0.25) is 0 Å². The molecule has 2 aliphatic heterocycles. The van der Waals surface area contributed by atoms with E-state index in [0.717, 1.165) is 30.6 Å². The Bertz CT molecular complexity index is 390. The fraction of sp³-hybridized carbons (Fsp3) is 0.625. The summed E-state index contributed by atoms with van der Waals surface area (Å²) in [6.07, 6.45) is 5.34. The zero-order valence-electron chi connectivity index (χ0n) is 11.7. The summed E-state index contributed by atoms with van der Waals surface area (Å²) < 4.78 is 5.13. The van der Waals surface area contributed by atoms with Gasteiger partial charge in [0.05, 0.1) is 12.8 Å². The van der Waals surface area contributed by atoms with Gasteiger partial charge < -0.3 is 14.5 Å². The predicted octanol–water partition coefficient (Wildman–Crippen LogP) is 2.36. The number of ether oxygens (including phenoxy) is 1. The van der Waals surface area contributed by atoms with Crippen LogP contribution in [0.5, 0.6) is 5.75 Å². The largest absolute Gasteiger partial charge is 0.489 e. The van der Waals surface area contributed by atoms with Crippen LogP contribution in [0, 0.1) is 12.1 Å². The molecule has 0 aromatic heterocycles. The van der Waals surface area contributed by atoms with Gasteiger partial charge in [-0.05, 0) is 63.0 Å². The first-order valence-corrected chi connectivity index (χ1v) is 7.34. The van der Waals surface area contributed by atoms with Crippen LogP contribution in [0.2, 0.25) is 0 Å². The number of hydrogen-bond donors (Lipinski definition) is 0. The molecule has 2 aliphatic rings. The summed E-state index contributed by atoms with van der Waals surface area (Å²) in [5.74, 6) is 0.760. The highest BCUT2D eigenvalue weighted by molar-refractivity contribution is 5.45. The van der Waals surface area contributed by atoms with E-state index in [1.54, 1.807) is 7.11 Å². The number of rotatable bonds is 3. The maximum Gasteiger partial charge on any atom is 0.170 e. The van der Waals surface area contributed by atoms with Gasteiger partial charge in [0.2, 0.25) is 0 Å². The molecule has 0 radical (unpaired) electrons. The number of anilines is 1. The Kier molecular flexibility index (Phi) is 3.79. The van der Waals surface area contributed by atoms with Crippen molar-refractivity contribution in [2.45, 2.75) is 31.7 Å². The minimum absolute atomic E-state index is 0.760. The molecular formula is C16H22N2O. The number of piperidine rings is 1. The first-order chi connectivity index (χ1) is 9.36. The summed E-state index contributed by atoms with van der Waals surface area (Å²) in [6, 6.07) is 11.1. The molecule has 0 atom stereocenters. The molecule has 102 valence electrons.